The second-order valence-electron chi connectivity index (χ2n) is 3.70. The molecule has 0 bridgehead atoms. The summed E-state index contributed by atoms with van der Waals surface area (Å²) < 4.78 is 41.3. The molecule has 6 heteroatoms. The van der Waals surface area contributed by atoms with Gasteiger partial charge in [0.2, 0.25) is 0 Å². The monoisotopic (exact) mass is 261 g/mol. The molecule has 0 aliphatic carbocycles. The summed E-state index contributed by atoms with van der Waals surface area (Å²) >= 11 is 0. The lowest BCUT2D eigenvalue weighted by Crippen LogP contribution is -2.13. The first-order valence-electron chi connectivity index (χ1n) is 5.21. The van der Waals surface area contributed by atoms with Gasteiger partial charge in [0.15, 0.2) is 21.4 Å². The summed E-state index contributed by atoms with van der Waals surface area (Å²) in [6.07, 6.45) is 0.418. The van der Waals surface area contributed by atoms with Crippen molar-refractivity contribution in [2.45, 2.75) is 12.2 Å². The summed E-state index contributed by atoms with van der Waals surface area (Å²) in [6, 6.07) is 4.14. The summed E-state index contributed by atoms with van der Waals surface area (Å²) in [4.78, 5) is 0. The van der Waals surface area contributed by atoms with Crippen molar-refractivity contribution in [3.05, 3.63) is 29.6 Å². The summed E-state index contributed by atoms with van der Waals surface area (Å²) in [5.74, 6) is -0.599. The molecule has 0 saturated heterocycles. The standard InChI is InChI=1S/C11H16FNO3S/c1-16-11-4-3-9(7-10(11)12)8-17(14,15)6-2-5-13/h3-4,7H,2,5-6,8,13H2,1H3. The number of ether oxygens (including phenoxy) is 1. The van der Waals surface area contributed by atoms with Gasteiger partial charge in [-0.15, -0.1) is 0 Å². The SMILES string of the molecule is COc1ccc(CS(=O)(=O)CCCN)cc1F. The van der Waals surface area contributed by atoms with Crippen LogP contribution in [0, 0.1) is 5.82 Å². The van der Waals surface area contributed by atoms with E-state index in [-0.39, 0.29) is 17.3 Å². The fourth-order valence-electron chi connectivity index (χ4n) is 1.43. The van der Waals surface area contributed by atoms with Gasteiger partial charge in [-0.2, -0.15) is 0 Å². The number of rotatable bonds is 6. The molecule has 0 unspecified atom stereocenters. The number of sulfone groups is 1. The molecule has 0 aliphatic heterocycles. The Labute approximate surface area is 101 Å². The van der Waals surface area contributed by atoms with E-state index in [1.54, 1.807) is 6.07 Å². The molecule has 1 aromatic rings. The Morgan fingerprint density at radius 2 is 2.12 bits per heavy atom. The number of hydrogen-bond donors (Lipinski definition) is 1. The molecule has 0 fully saturated rings. The average molecular weight is 261 g/mol. The molecule has 0 heterocycles. The summed E-state index contributed by atoms with van der Waals surface area (Å²) in [5.41, 5.74) is 5.67. The zero-order valence-corrected chi connectivity index (χ0v) is 10.5. The van der Waals surface area contributed by atoms with Gasteiger partial charge < -0.3 is 10.5 Å². The molecule has 0 radical (unpaired) electrons. The van der Waals surface area contributed by atoms with E-state index in [4.69, 9.17) is 10.5 Å². The summed E-state index contributed by atoms with van der Waals surface area (Å²) in [5, 5.41) is 0. The lowest BCUT2D eigenvalue weighted by Gasteiger charge is -2.06. The second-order valence-corrected chi connectivity index (χ2v) is 5.89. The normalized spacial score (nSPS) is 11.5. The van der Waals surface area contributed by atoms with Crippen molar-refractivity contribution in [3.8, 4) is 5.75 Å². The minimum absolute atomic E-state index is 0.0249. The van der Waals surface area contributed by atoms with Gasteiger partial charge in [-0.3, -0.25) is 0 Å². The Kier molecular flexibility index (Phi) is 4.89. The van der Waals surface area contributed by atoms with E-state index < -0.39 is 15.7 Å². The molecule has 1 aromatic carbocycles. The molecule has 0 aromatic heterocycles. The van der Waals surface area contributed by atoms with E-state index >= 15 is 0 Å². The lowest BCUT2D eigenvalue weighted by molar-refractivity contribution is 0.386. The van der Waals surface area contributed by atoms with Crippen molar-refractivity contribution in [1.82, 2.24) is 0 Å². The van der Waals surface area contributed by atoms with E-state index in [0.717, 1.165) is 0 Å². The maximum absolute atomic E-state index is 13.3. The summed E-state index contributed by atoms with van der Waals surface area (Å²) in [6.45, 7) is 0.330. The number of methoxy groups -OCH3 is 1. The second kappa shape index (κ2) is 5.97. The van der Waals surface area contributed by atoms with E-state index in [2.05, 4.69) is 0 Å². The molecule has 4 nitrogen and oxygen atoms in total. The fraction of sp³-hybridized carbons (Fsp3) is 0.455. The van der Waals surface area contributed by atoms with Gasteiger partial charge in [0.25, 0.3) is 0 Å². The smallest absolute Gasteiger partial charge is 0.165 e. The predicted octanol–water partition coefficient (Wildman–Crippen LogP) is 1.10. The quantitative estimate of drug-likeness (QED) is 0.832. The van der Waals surface area contributed by atoms with E-state index in [0.29, 0.717) is 18.5 Å². The largest absolute Gasteiger partial charge is 0.494 e. The van der Waals surface area contributed by atoms with Crippen LogP contribution in [-0.4, -0.2) is 27.8 Å². The third-order valence-electron chi connectivity index (χ3n) is 2.26. The van der Waals surface area contributed by atoms with E-state index in [9.17, 15) is 12.8 Å². The number of halogens is 1. The molecule has 0 atom stereocenters. The highest BCUT2D eigenvalue weighted by Crippen LogP contribution is 2.19. The van der Waals surface area contributed by atoms with Gasteiger partial charge in [0.05, 0.1) is 18.6 Å². The number of benzene rings is 1. The van der Waals surface area contributed by atoms with Gasteiger partial charge >= 0.3 is 0 Å². The Bertz CT molecular complexity index is 474. The van der Waals surface area contributed by atoms with Crippen LogP contribution in [0.4, 0.5) is 4.39 Å². The molecule has 1 rings (SSSR count). The Hall–Kier alpha value is -1.14. The number of nitrogens with two attached hydrogens (primary N) is 1. The third kappa shape index (κ3) is 4.32. The first kappa shape index (κ1) is 13.9. The van der Waals surface area contributed by atoms with Gasteiger partial charge in [0.1, 0.15) is 0 Å². The third-order valence-corrected chi connectivity index (χ3v) is 3.95. The molecule has 2 N–H and O–H groups in total. The Morgan fingerprint density at radius 3 is 2.65 bits per heavy atom. The Balaban J connectivity index is 2.78. The zero-order valence-electron chi connectivity index (χ0n) is 9.65. The van der Waals surface area contributed by atoms with Gasteiger partial charge in [-0.25, -0.2) is 12.8 Å². The van der Waals surface area contributed by atoms with Crippen molar-refractivity contribution >= 4 is 9.84 Å². The minimum atomic E-state index is -3.22. The highest BCUT2D eigenvalue weighted by molar-refractivity contribution is 7.90. The molecule has 0 amide bonds. The van der Waals surface area contributed by atoms with Crippen LogP contribution in [-0.2, 0) is 15.6 Å². The van der Waals surface area contributed by atoms with Crippen molar-refractivity contribution in [3.63, 3.8) is 0 Å². The highest BCUT2D eigenvalue weighted by Gasteiger charge is 2.13. The molecule has 96 valence electrons. The van der Waals surface area contributed by atoms with Crippen LogP contribution >= 0.6 is 0 Å². The first-order valence-corrected chi connectivity index (χ1v) is 7.03. The van der Waals surface area contributed by atoms with Crippen LogP contribution in [0.25, 0.3) is 0 Å². The molecule has 0 aliphatic rings. The lowest BCUT2D eigenvalue weighted by atomic mass is 10.2. The zero-order chi connectivity index (χ0) is 12.9. The maximum Gasteiger partial charge on any atom is 0.165 e. The first-order chi connectivity index (χ1) is 7.98. The van der Waals surface area contributed by atoms with Gasteiger partial charge in [-0.05, 0) is 30.7 Å². The van der Waals surface area contributed by atoms with Crippen molar-refractivity contribution in [1.29, 1.82) is 0 Å². The van der Waals surface area contributed by atoms with Crippen molar-refractivity contribution in [2.75, 3.05) is 19.4 Å². The van der Waals surface area contributed by atoms with Crippen LogP contribution in [0.15, 0.2) is 18.2 Å². The van der Waals surface area contributed by atoms with Crippen LogP contribution in [0.1, 0.15) is 12.0 Å². The molecule has 0 saturated carbocycles. The predicted molar refractivity (Wildman–Crippen MR) is 64.1 cm³/mol. The number of hydrogen-bond acceptors (Lipinski definition) is 4. The highest BCUT2D eigenvalue weighted by atomic mass is 32.2. The molecular formula is C11H16FNO3S. The topological polar surface area (TPSA) is 69.4 Å². The fourth-order valence-corrected chi connectivity index (χ4v) is 2.87. The van der Waals surface area contributed by atoms with Crippen molar-refractivity contribution in [2.24, 2.45) is 5.73 Å². The van der Waals surface area contributed by atoms with Crippen LogP contribution in [0.3, 0.4) is 0 Å². The molecular weight excluding hydrogens is 245 g/mol. The summed E-state index contributed by atoms with van der Waals surface area (Å²) in [7, 11) is -1.86. The van der Waals surface area contributed by atoms with Gasteiger partial charge in [0, 0.05) is 0 Å². The van der Waals surface area contributed by atoms with Gasteiger partial charge in [-0.1, -0.05) is 6.07 Å². The minimum Gasteiger partial charge on any atom is -0.494 e. The maximum atomic E-state index is 13.3. The van der Waals surface area contributed by atoms with Crippen LogP contribution in [0.2, 0.25) is 0 Å². The molecule has 17 heavy (non-hydrogen) atoms. The Morgan fingerprint density at radius 1 is 1.41 bits per heavy atom. The van der Waals surface area contributed by atoms with Crippen molar-refractivity contribution < 1.29 is 17.5 Å². The average Bonchev–Trinajstić information content (AvgIpc) is 2.26. The van der Waals surface area contributed by atoms with Crippen LogP contribution in [0.5, 0.6) is 5.75 Å². The van der Waals surface area contributed by atoms with E-state index in [1.807, 2.05) is 0 Å². The van der Waals surface area contributed by atoms with Crippen LogP contribution < -0.4 is 10.5 Å². The molecule has 0 spiro atoms. The van der Waals surface area contributed by atoms with E-state index in [1.165, 1.54) is 19.2 Å².